The van der Waals surface area contributed by atoms with Crippen molar-refractivity contribution in [1.82, 2.24) is 5.32 Å². The lowest BCUT2D eigenvalue weighted by atomic mass is 10.00. The standard InChI is InChI=1S/C14H15BrClNS/c1-3-17-14(11-7-13(15)18-8-11)10-5-4-9(2)12(16)6-10/h4-8,14,17H,3H2,1-2H3. The third-order valence-electron chi connectivity index (χ3n) is 2.86. The Bertz CT molecular complexity index is 538. The summed E-state index contributed by atoms with van der Waals surface area (Å²) in [5.74, 6) is 0. The first-order valence-corrected chi connectivity index (χ1v) is 7.90. The minimum atomic E-state index is 0.204. The Hall–Kier alpha value is -0.350. The molecule has 0 aliphatic carbocycles. The van der Waals surface area contributed by atoms with Gasteiger partial charge in [-0.05, 0) is 63.6 Å². The zero-order valence-electron chi connectivity index (χ0n) is 10.3. The molecule has 0 saturated heterocycles. The monoisotopic (exact) mass is 343 g/mol. The zero-order chi connectivity index (χ0) is 13.1. The number of thiophene rings is 1. The Kier molecular flexibility index (Phi) is 4.84. The highest BCUT2D eigenvalue weighted by molar-refractivity contribution is 9.11. The van der Waals surface area contributed by atoms with Crippen LogP contribution in [0.3, 0.4) is 0 Å². The quantitative estimate of drug-likeness (QED) is 0.806. The molecule has 0 spiro atoms. The van der Waals surface area contributed by atoms with Gasteiger partial charge in [-0.25, -0.2) is 0 Å². The van der Waals surface area contributed by atoms with Crippen molar-refractivity contribution in [3.8, 4) is 0 Å². The van der Waals surface area contributed by atoms with Crippen molar-refractivity contribution in [3.63, 3.8) is 0 Å². The summed E-state index contributed by atoms with van der Waals surface area (Å²) in [5.41, 5.74) is 3.59. The lowest BCUT2D eigenvalue weighted by molar-refractivity contribution is 0.632. The van der Waals surface area contributed by atoms with Crippen LogP contribution in [0.1, 0.15) is 29.7 Å². The maximum Gasteiger partial charge on any atom is 0.0701 e. The van der Waals surface area contributed by atoms with Gasteiger partial charge in [0.25, 0.3) is 0 Å². The highest BCUT2D eigenvalue weighted by Gasteiger charge is 2.15. The third kappa shape index (κ3) is 3.15. The molecule has 0 saturated carbocycles. The van der Waals surface area contributed by atoms with E-state index < -0.39 is 0 Å². The molecule has 1 unspecified atom stereocenters. The summed E-state index contributed by atoms with van der Waals surface area (Å²) in [7, 11) is 0. The number of nitrogens with one attached hydrogen (secondary N) is 1. The minimum absolute atomic E-state index is 0.204. The molecule has 4 heteroatoms. The SMILES string of the molecule is CCNC(c1csc(Br)c1)c1ccc(C)c(Cl)c1. The highest BCUT2D eigenvalue weighted by atomic mass is 79.9. The molecule has 0 radical (unpaired) electrons. The fourth-order valence-corrected chi connectivity index (χ4v) is 3.29. The van der Waals surface area contributed by atoms with Crippen LogP contribution in [0.15, 0.2) is 33.4 Å². The Morgan fingerprint density at radius 3 is 2.67 bits per heavy atom. The molecule has 1 aromatic heterocycles. The van der Waals surface area contributed by atoms with Crippen molar-refractivity contribution >= 4 is 38.9 Å². The summed E-state index contributed by atoms with van der Waals surface area (Å²) in [6.45, 7) is 5.06. The molecule has 18 heavy (non-hydrogen) atoms. The molecule has 2 aromatic rings. The van der Waals surface area contributed by atoms with Crippen LogP contribution in [0, 0.1) is 6.92 Å². The second-order valence-corrected chi connectivity index (χ2v) is 6.88. The van der Waals surface area contributed by atoms with E-state index in [9.17, 15) is 0 Å². The lowest BCUT2D eigenvalue weighted by Crippen LogP contribution is -2.21. The summed E-state index contributed by atoms with van der Waals surface area (Å²) >= 11 is 11.4. The van der Waals surface area contributed by atoms with Gasteiger partial charge in [-0.2, -0.15) is 0 Å². The van der Waals surface area contributed by atoms with Gasteiger partial charge in [-0.3, -0.25) is 0 Å². The topological polar surface area (TPSA) is 12.0 Å². The van der Waals surface area contributed by atoms with Crippen molar-refractivity contribution in [1.29, 1.82) is 0 Å². The zero-order valence-corrected chi connectivity index (χ0v) is 13.5. The van der Waals surface area contributed by atoms with E-state index in [-0.39, 0.29) is 6.04 Å². The van der Waals surface area contributed by atoms with E-state index in [2.05, 4.69) is 57.8 Å². The highest BCUT2D eigenvalue weighted by Crippen LogP contribution is 2.31. The molecule has 0 aliphatic rings. The third-order valence-corrected chi connectivity index (χ3v) is 4.79. The van der Waals surface area contributed by atoms with E-state index in [1.54, 1.807) is 11.3 Å². The number of hydrogen-bond donors (Lipinski definition) is 1. The normalized spacial score (nSPS) is 12.7. The van der Waals surface area contributed by atoms with E-state index in [0.717, 1.165) is 20.9 Å². The number of rotatable bonds is 4. The van der Waals surface area contributed by atoms with Crippen molar-refractivity contribution in [2.75, 3.05) is 6.54 Å². The molecular formula is C14H15BrClNS. The van der Waals surface area contributed by atoms with Crippen molar-refractivity contribution in [2.45, 2.75) is 19.9 Å². The summed E-state index contributed by atoms with van der Waals surface area (Å²) in [6, 6.07) is 8.63. The van der Waals surface area contributed by atoms with E-state index in [1.807, 2.05) is 6.92 Å². The van der Waals surface area contributed by atoms with Crippen LogP contribution >= 0.6 is 38.9 Å². The average Bonchev–Trinajstić information content (AvgIpc) is 2.76. The maximum atomic E-state index is 6.22. The van der Waals surface area contributed by atoms with Crippen molar-refractivity contribution in [3.05, 3.63) is 55.1 Å². The molecular weight excluding hydrogens is 330 g/mol. The Morgan fingerprint density at radius 2 is 2.11 bits per heavy atom. The van der Waals surface area contributed by atoms with Crippen LogP contribution in [-0.4, -0.2) is 6.54 Å². The molecule has 1 N–H and O–H groups in total. The molecule has 0 aliphatic heterocycles. The van der Waals surface area contributed by atoms with Crippen molar-refractivity contribution < 1.29 is 0 Å². The van der Waals surface area contributed by atoms with Gasteiger partial charge in [0.1, 0.15) is 0 Å². The number of hydrogen-bond acceptors (Lipinski definition) is 2. The molecule has 0 amide bonds. The molecule has 1 heterocycles. The second kappa shape index (κ2) is 6.20. The van der Waals surface area contributed by atoms with Gasteiger partial charge in [0.2, 0.25) is 0 Å². The van der Waals surface area contributed by atoms with E-state index in [1.165, 1.54) is 11.1 Å². The molecule has 96 valence electrons. The van der Waals surface area contributed by atoms with E-state index in [4.69, 9.17) is 11.6 Å². The predicted octanol–water partition coefficient (Wildman–Crippen LogP) is 5.17. The fourth-order valence-electron chi connectivity index (χ4n) is 1.90. The Labute approximate surface area is 125 Å². The van der Waals surface area contributed by atoms with E-state index in [0.29, 0.717) is 0 Å². The average molecular weight is 345 g/mol. The van der Waals surface area contributed by atoms with Crippen LogP contribution in [0.2, 0.25) is 5.02 Å². The predicted molar refractivity (Wildman–Crippen MR) is 83.7 cm³/mol. The van der Waals surface area contributed by atoms with Crippen molar-refractivity contribution in [2.24, 2.45) is 0 Å². The van der Waals surface area contributed by atoms with Gasteiger partial charge in [0, 0.05) is 5.02 Å². The molecule has 1 nitrogen and oxygen atoms in total. The van der Waals surface area contributed by atoms with Crippen LogP contribution in [0.5, 0.6) is 0 Å². The van der Waals surface area contributed by atoms with Crippen LogP contribution in [0.4, 0.5) is 0 Å². The molecule has 0 fully saturated rings. The van der Waals surface area contributed by atoms with Gasteiger partial charge < -0.3 is 5.32 Å². The smallest absolute Gasteiger partial charge is 0.0701 e. The molecule has 0 bridgehead atoms. The maximum absolute atomic E-state index is 6.22. The molecule has 2 rings (SSSR count). The van der Waals surface area contributed by atoms with Gasteiger partial charge in [0.05, 0.1) is 9.83 Å². The first-order valence-electron chi connectivity index (χ1n) is 5.85. The van der Waals surface area contributed by atoms with Gasteiger partial charge in [-0.1, -0.05) is 30.7 Å². The summed E-state index contributed by atoms with van der Waals surface area (Å²) < 4.78 is 1.15. The van der Waals surface area contributed by atoms with Crippen LogP contribution < -0.4 is 5.32 Å². The Balaban J connectivity index is 2.37. The van der Waals surface area contributed by atoms with Crippen LogP contribution in [0.25, 0.3) is 0 Å². The second-order valence-electron chi connectivity index (χ2n) is 4.18. The van der Waals surface area contributed by atoms with Gasteiger partial charge in [0.15, 0.2) is 0 Å². The number of aryl methyl sites for hydroxylation is 1. The minimum Gasteiger partial charge on any atom is -0.307 e. The van der Waals surface area contributed by atoms with Gasteiger partial charge in [-0.15, -0.1) is 11.3 Å². The summed E-state index contributed by atoms with van der Waals surface area (Å²) in [4.78, 5) is 0. The first kappa shape index (κ1) is 14.1. The lowest BCUT2D eigenvalue weighted by Gasteiger charge is -2.18. The fraction of sp³-hybridized carbons (Fsp3) is 0.286. The Morgan fingerprint density at radius 1 is 1.33 bits per heavy atom. The largest absolute Gasteiger partial charge is 0.307 e. The molecule has 1 aromatic carbocycles. The number of benzene rings is 1. The van der Waals surface area contributed by atoms with Gasteiger partial charge >= 0.3 is 0 Å². The van der Waals surface area contributed by atoms with E-state index >= 15 is 0 Å². The number of halogens is 2. The van der Waals surface area contributed by atoms with Crippen LogP contribution in [-0.2, 0) is 0 Å². The summed E-state index contributed by atoms with van der Waals surface area (Å²) in [6.07, 6.45) is 0. The molecule has 1 atom stereocenters. The first-order chi connectivity index (χ1) is 8.61. The summed E-state index contributed by atoms with van der Waals surface area (Å²) in [5, 5.41) is 6.50.